The average Bonchev–Trinajstić information content (AvgIpc) is 2.47. The molecule has 1 unspecified atom stereocenters. The van der Waals surface area contributed by atoms with Crippen LogP contribution in [-0.2, 0) is 0 Å². The second-order valence-corrected chi connectivity index (χ2v) is 5.13. The number of pyridine rings is 1. The van der Waals surface area contributed by atoms with Gasteiger partial charge in [0.2, 0.25) is 5.43 Å². The molecule has 0 saturated heterocycles. The number of nitrogens with one attached hydrogen (secondary N) is 1. The zero-order valence-corrected chi connectivity index (χ0v) is 11.7. The van der Waals surface area contributed by atoms with Crippen molar-refractivity contribution in [1.29, 1.82) is 0 Å². The van der Waals surface area contributed by atoms with Gasteiger partial charge in [-0.15, -0.1) is 0 Å². The number of para-hydroxylation sites is 1. The lowest BCUT2D eigenvalue weighted by molar-refractivity contribution is 0.155. The highest BCUT2D eigenvalue weighted by atomic mass is 16.3. The molecule has 0 spiro atoms. The van der Waals surface area contributed by atoms with Crippen LogP contribution in [0.4, 0.5) is 0 Å². The van der Waals surface area contributed by atoms with Gasteiger partial charge >= 0.3 is 0 Å². The highest BCUT2D eigenvalue weighted by Gasteiger charge is 2.17. The minimum absolute atomic E-state index is 0.227. The number of aliphatic hydroxyl groups excluding tert-OH is 1. The molecule has 2 aromatic rings. The van der Waals surface area contributed by atoms with Crippen molar-refractivity contribution in [2.75, 3.05) is 0 Å². The first-order valence-corrected chi connectivity index (χ1v) is 7.17. The number of H-pyrrole nitrogens is 1. The van der Waals surface area contributed by atoms with Crippen molar-refractivity contribution in [3.05, 3.63) is 40.2 Å². The molecule has 0 amide bonds. The maximum Gasteiger partial charge on any atom is 0.231 e. The summed E-state index contributed by atoms with van der Waals surface area (Å²) in [5, 5.41) is 20.6. The predicted octanol–water partition coefficient (Wildman–Crippen LogP) is 3.24. The molecule has 0 aliphatic carbocycles. The van der Waals surface area contributed by atoms with Crippen LogP contribution in [0, 0.1) is 0 Å². The Kier molecular flexibility index (Phi) is 4.79. The Labute approximate surface area is 118 Å². The normalized spacial score (nSPS) is 12.7. The molecule has 0 aliphatic rings. The van der Waals surface area contributed by atoms with Crippen LogP contribution in [0.1, 0.15) is 50.8 Å². The third kappa shape index (κ3) is 3.02. The zero-order chi connectivity index (χ0) is 14.5. The molecule has 3 N–H and O–H groups in total. The van der Waals surface area contributed by atoms with Gasteiger partial charge in [0.15, 0.2) is 5.75 Å². The fraction of sp³-hybridized carbons (Fsp3) is 0.438. The number of hydrogen-bond acceptors (Lipinski definition) is 3. The van der Waals surface area contributed by atoms with Crippen LogP contribution in [0.25, 0.3) is 10.9 Å². The van der Waals surface area contributed by atoms with Crippen molar-refractivity contribution >= 4 is 10.9 Å². The van der Waals surface area contributed by atoms with Gasteiger partial charge in [-0.3, -0.25) is 4.79 Å². The summed E-state index contributed by atoms with van der Waals surface area (Å²) in [5.74, 6) is -0.369. The number of aromatic hydroxyl groups is 1. The van der Waals surface area contributed by atoms with Gasteiger partial charge < -0.3 is 15.2 Å². The summed E-state index contributed by atoms with van der Waals surface area (Å²) in [6.45, 7) is 2.13. The molecule has 1 heterocycles. The van der Waals surface area contributed by atoms with Crippen molar-refractivity contribution in [2.24, 2.45) is 0 Å². The Balaban J connectivity index is 2.25. The molecule has 1 aromatic heterocycles. The summed E-state index contributed by atoms with van der Waals surface area (Å²) in [4.78, 5) is 15.0. The van der Waals surface area contributed by atoms with Gasteiger partial charge in [0.25, 0.3) is 0 Å². The number of aromatic amines is 1. The van der Waals surface area contributed by atoms with Crippen LogP contribution in [-0.4, -0.2) is 15.2 Å². The monoisotopic (exact) mass is 275 g/mol. The van der Waals surface area contributed by atoms with Crippen LogP contribution < -0.4 is 5.43 Å². The highest BCUT2D eigenvalue weighted by Crippen LogP contribution is 2.25. The molecule has 0 radical (unpaired) electrons. The number of aromatic nitrogens is 1. The average molecular weight is 275 g/mol. The number of fused-ring (bicyclic) bond motifs is 1. The summed E-state index contributed by atoms with van der Waals surface area (Å²) >= 11 is 0. The molecule has 4 heteroatoms. The molecule has 20 heavy (non-hydrogen) atoms. The maximum atomic E-state index is 12.0. The van der Waals surface area contributed by atoms with E-state index in [1.165, 1.54) is 0 Å². The summed E-state index contributed by atoms with van der Waals surface area (Å²) in [6.07, 6.45) is 3.91. The van der Waals surface area contributed by atoms with Crippen molar-refractivity contribution in [1.82, 2.24) is 4.98 Å². The first-order valence-electron chi connectivity index (χ1n) is 7.17. The van der Waals surface area contributed by atoms with Crippen LogP contribution in [0.2, 0.25) is 0 Å². The van der Waals surface area contributed by atoms with Crippen molar-refractivity contribution in [2.45, 2.75) is 45.1 Å². The largest absolute Gasteiger partial charge is 0.503 e. The van der Waals surface area contributed by atoms with E-state index >= 15 is 0 Å². The molecular formula is C16H21NO3. The van der Waals surface area contributed by atoms with Crippen LogP contribution in [0.15, 0.2) is 29.1 Å². The maximum absolute atomic E-state index is 12.0. The molecule has 108 valence electrons. The Bertz CT molecular complexity index is 633. The highest BCUT2D eigenvalue weighted by molar-refractivity contribution is 5.80. The van der Waals surface area contributed by atoms with E-state index in [0.717, 1.165) is 25.7 Å². The van der Waals surface area contributed by atoms with Crippen molar-refractivity contribution in [3.8, 4) is 5.75 Å². The number of benzene rings is 1. The summed E-state index contributed by atoms with van der Waals surface area (Å²) in [6, 6.07) is 6.99. The van der Waals surface area contributed by atoms with E-state index in [4.69, 9.17) is 0 Å². The first-order chi connectivity index (χ1) is 9.65. The first kappa shape index (κ1) is 14.6. The number of unbranched alkanes of at least 4 members (excludes halogenated alkanes) is 3. The Morgan fingerprint density at radius 1 is 1.20 bits per heavy atom. The van der Waals surface area contributed by atoms with Gasteiger partial charge in [-0.05, 0) is 18.6 Å². The van der Waals surface area contributed by atoms with E-state index in [1.54, 1.807) is 18.2 Å². The third-order valence-electron chi connectivity index (χ3n) is 3.58. The second kappa shape index (κ2) is 6.57. The van der Waals surface area contributed by atoms with E-state index in [0.29, 0.717) is 17.3 Å². The lowest BCUT2D eigenvalue weighted by Gasteiger charge is -2.13. The minimum Gasteiger partial charge on any atom is -0.503 e. The van der Waals surface area contributed by atoms with Gasteiger partial charge in [0, 0.05) is 10.9 Å². The van der Waals surface area contributed by atoms with Crippen LogP contribution >= 0.6 is 0 Å². The number of aliphatic hydroxyl groups is 1. The molecule has 4 nitrogen and oxygen atoms in total. The summed E-state index contributed by atoms with van der Waals surface area (Å²) in [5.41, 5.74) is 0.435. The Morgan fingerprint density at radius 3 is 2.70 bits per heavy atom. The molecular weight excluding hydrogens is 254 g/mol. The standard InChI is InChI=1S/C16H21NO3/c1-2-3-4-5-10-13(18)14-16(20)15(19)11-8-6-7-9-12(11)17-14/h6-9,13,18,20H,2-5,10H2,1H3,(H,17,19). The van der Waals surface area contributed by atoms with E-state index in [-0.39, 0.29) is 11.4 Å². The quantitative estimate of drug-likeness (QED) is 0.709. The van der Waals surface area contributed by atoms with Gasteiger partial charge in [-0.1, -0.05) is 44.7 Å². The van der Waals surface area contributed by atoms with E-state index < -0.39 is 11.5 Å². The van der Waals surface area contributed by atoms with Gasteiger partial charge in [-0.2, -0.15) is 0 Å². The Hall–Kier alpha value is -1.81. The second-order valence-electron chi connectivity index (χ2n) is 5.13. The molecule has 1 atom stereocenters. The minimum atomic E-state index is -0.829. The molecule has 0 fully saturated rings. The van der Waals surface area contributed by atoms with Crippen molar-refractivity contribution in [3.63, 3.8) is 0 Å². The van der Waals surface area contributed by atoms with E-state index in [9.17, 15) is 15.0 Å². The lowest BCUT2D eigenvalue weighted by atomic mass is 10.0. The fourth-order valence-electron chi connectivity index (χ4n) is 2.39. The van der Waals surface area contributed by atoms with Crippen molar-refractivity contribution < 1.29 is 10.2 Å². The van der Waals surface area contributed by atoms with E-state index in [2.05, 4.69) is 11.9 Å². The molecule has 0 bridgehead atoms. The van der Waals surface area contributed by atoms with Gasteiger partial charge in [-0.25, -0.2) is 0 Å². The number of rotatable bonds is 6. The number of hydrogen-bond donors (Lipinski definition) is 3. The topological polar surface area (TPSA) is 73.3 Å². The third-order valence-corrected chi connectivity index (χ3v) is 3.58. The Morgan fingerprint density at radius 2 is 1.95 bits per heavy atom. The zero-order valence-electron chi connectivity index (χ0n) is 11.7. The molecule has 2 rings (SSSR count). The summed E-state index contributed by atoms with van der Waals surface area (Å²) < 4.78 is 0. The van der Waals surface area contributed by atoms with E-state index in [1.807, 2.05) is 6.07 Å². The summed E-state index contributed by atoms with van der Waals surface area (Å²) in [7, 11) is 0. The molecule has 0 saturated carbocycles. The lowest BCUT2D eigenvalue weighted by Crippen LogP contribution is -2.10. The predicted molar refractivity (Wildman–Crippen MR) is 80.0 cm³/mol. The smallest absolute Gasteiger partial charge is 0.231 e. The van der Waals surface area contributed by atoms with Crippen LogP contribution in [0.5, 0.6) is 5.75 Å². The van der Waals surface area contributed by atoms with Gasteiger partial charge in [0.05, 0.1) is 11.8 Å². The van der Waals surface area contributed by atoms with Gasteiger partial charge in [0.1, 0.15) is 0 Å². The molecule has 0 aliphatic heterocycles. The molecule has 1 aromatic carbocycles. The van der Waals surface area contributed by atoms with Crippen LogP contribution in [0.3, 0.4) is 0 Å². The fourth-order valence-corrected chi connectivity index (χ4v) is 2.39. The SMILES string of the molecule is CCCCCCC(O)c1[nH]c2ccccc2c(=O)c1O.